The highest BCUT2D eigenvalue weighted by atomic mass is 32.2. The fraction of sp³-hybridized carbons (Fsp3) is 0.176. The van der Waals surface area contributed by atoms with Crippen molar-refractivity contribution in [1.82, 2.24) is 4.72 Å². The van der Waals surface area contributed by atoms with Crippen LogP contribution in [0.1, 0.15) is 12.7 Å². The van der Waals surface area contributed by atoms with E-state index in [1.54, 1.807) is 30.3 Å². The summed E-state index contributed by atoms with van der Waals surface area (Å²) in [6.45, 7) is 2.63. The van der Waals surface area contributed by atoms with E-state index in [0.29, 0.717) is 12.4 Å². The van der Waals surface area contributed by atoms with Gasteiger partial charge in [0.05, 0.1) is 24.3 Å². The number of benzene rings is 2. The summed E-state index contributed by atoms with van der Waals surface area (Å²) in [6, 6.07) is 14.0. The van der Waals surface area contributed by atoms with Crippen LogP contribution in [0.5, 0.6) is 5.75 Å². The molecule has 3 rings (SSSR count). The SMILES string of the molecule is CCOc1ccc2cc(S(=O)(=O)NCc3ccco3)ccc2c1. The van der Waals surface area contributed by atoms with Crippen LogP contribution in [0, 0.1) is 0 Å². The largest absolute Gasteiger partial charge is 0.494 e. The molecule has 6 heteroatoms. The lowest BCUT2D eigenvalue weighted by atomic mass is 10.1. The third-order valence-electron chi connectivity index (χ3n) is 3.42. The number of rotatable bonds is 6. The van der Waals surface area contributed by atoms with E-state index in [0.717, 1.165) is 16.5 Å². The van der Waals surface area contributed by atoms with Gasteiger partial charge in [0.15, 0.2) is 0 Å². The van der Waals surface area contributed by atoms with Crippen LogP contribution in [-0.2, 0) is 16.6 Å². The molecule has 1 N–H and O–H groups in total. The number of fused-ring (bicyclic) bond motifs is 1. The smallest absolute Gasteiger partial charge is 0.240 e. The summed E-state index contributed by atoms with van der Waals surface area (Å²) in [5.74, 6) is 1.34. The molecule has 0 saturated heterocycles. The fourth-order valence-electron chi connectivity index (χ4n) is 2.29. The van der Waals surface area contributed by atoms with Gasteiger partial charge < -0.3 is 9.15 Å². The molecule has 120 valence electrons. The highest BCUT2D eigenvalue weighted by Gasteiger charge is 2.15. The van der Waals surface area contributed by atoms with Crippen LogP contribution >= 0.6 is 0 Å². The van der Waals surface area contributed by atoms with Crippen molar-refractivity contribution in [2.24, 2.45) is 0 Å². The minimum Gasteiger partial charge on any atom is -0.494 e. The van der Waals surface area contributed by atoms with Gasteiger partial charge in [-0.3, -0.25) is 0 Å². The Balaban J connectivity index is 1.85. The summed E-state index contributed by atoms with van der Waals surface area (Å²) in [7, 11) is -3.59. The van der Waals surface area contributed by atoms with Gasteiger partial charge in [0.2, 0.25) is 10.0 Å². The summed E-state index contributed by atoms with van der Waals surface area (Å²) < 4.78 is 37.8. The molecule has 5 nitrogen and oxygen atoms in total. The Morgan fingerprint density at radius 1 is 1.09 bits per heavy atom. The Morgan fingerprint density at radius 3 is 2.61 bits per heavy atom. The maximum Gasteiger partial charge on any atom is 0.240 e. The van der Waals surface area contributed by atoms with E-state index < -0.39 is 10.0 Å². The lowest BCUT2D eigenvalue weighted by Gasteiger charge is -2.08. The van der Waals surface area contributed by atoms with E-state index in [1.807, 2.05) is 25.1 Å². The van der Waals surface area contributed by atoms with E-state index in [-0.39, 0.29) is 11.4 Å². The maximum absolute atomic E-state index is 12.4. The molecule has 0 amide bonds. The zero-order valence-electron chi connectivity index (χ0n) is 12.7. The Hall–Kier alpha value is -2.31. The zero-order chi connectivity index (χ0) is 16.3. The van der Waals surface area contributed by atoms with Crippen LogP contribution in [0.3, 0.4) is 0 Å². The van der Waals surface area contributed by atoms with Crippen LogP contribution in [0.15, 0.2) is 64.1 Å². The fourth-order valence-corrected chi connectivity index (χ4v) is 3.32. The van der Waals surface area contributed by atoms with E-state index in [2.05, 4.69) is 4.72 Å². The quantitative estimate of drug-likeness (QED) is 0.752. The molecule has 0 unspecified atom stereocenters. The third kappa shape index (κ3) is 3.55. The number of furan rings is 1. The van der Waals surface area contributed by atoms with E-state index in [4.69, 9.17) is 9.15 Å². The predicted molar refractivity (Wildman–Crippen MR) is 87.9 cm³/mol. The molecule has 0 atom stereocenters. The molecule has 0 aliphatic heterocycles. The van der Waals surface area contributed by atoms with Crippen molar-refractivity contribution >= 4 is 20.8 Å². The monoisotopic (exact) mass is 331 g/mol. The molecule has 0 aliphatic carbocycles. The molecule has 1 aromatic heterocycles. The van der Waals surface area contributed by atoms with E-state index in [9.17, 15) is 8.42 Å². The van der Waals surface area contributed by atoms with Crippen molar-refractivity contribution in [1.29, 1.82) is 0 Å². The number of nitrogens with one attached hydrogen (secondary N) is 1. The number of sulfonamides is 1. The molecule has 3 aromatic rings. The third-order valence-corrected chi connectivity index (χ3v) is 4.82. The van der Waals surface area contributed by atoms with Crippen molar-refractivity contribution in [2.75, 3.05) is 6.61 Å². The number of ether oxygens (including phenoxy) is 1. The van der Waals surface area contributed by atoms with E-state index >= 15 is 0 Å². The first-order valence-corrected chi connectivity index (χ1v) is 8.75. The summed E-state index contributed by atoms with van der Waals surface area (Å²) >= 11 is 0. The van der Waals surface area contributed by atoms with Gasteiger partial charge in [-0.2, -0.15) is 0 Å². The van der Waals surface area contributed by atoms with Crippen LogP contribution in [0.25, 0.3) is 10.8 Å². The van der Waals surface area contributed by atoms with Gasteiger partial charge in [0.1, 0.15) is 11.5 Å². The highest BCUT2D eigenvalue weighted by molar-refractivity contribution is 7.89. The lowest BCUT2D eigenvalue weighted by molar-refractivity contribution is 0.341. The molecule has 0 bridgehead atoms. The molecule has 0 spiro atoms. The number of hydrogen-bond acceptors (Lipinski definition) is 4. The molecular formula is C17H17NO4S. The predicted octanol–water partition coefficient (Wildman–Crippen LogP) is 3.31. The van der Waals surface area contributed by atoms with E-state index in [1.165, 1.54) is 6.26 Å². The zero-order valence-corrected chi connectivity index (χ0v) is 13.5. The second-order valence-corrected chi connectivity index (χ2v) is 6.77. The molecule has 23 heavy (non-hydrogen) atoms. The maximum atomic E-state index is 12.4. The average molecular weight is 331 g/mol. The van der Waals surface area contributed by atoms with Crippen molar-refractivity contribution in [3.8, 4) is 5.75 Å². The van der Waals surface area contributed by atoms with Gasteiger partial charge in [0.25, 0.3) is 0 Å². The average Bonchev–Trinajstić information content (AvgIpc) is 3.06. The molecule has 2 aromatic carbocycles. The summed E-state index contributed by atoms with van der Waals surface area (Å²) in [4.78, 5) is 0.223. The highest BCUT2D eigenvalue weighted by Crippen LogP contribution is 2.24. The van der Waals surface area contributed by atoms with Crippen molar-refractivity contribution < 1.29 is 17.6 Å². The molecule has 0 radical (unpaired) electrons. The Bertz CT molecular complexity index is 901. The summed E-state index contributed by atoms with van der Waals surface area (Å²) in [6.07, 6.45) is 1.51. The number of hydrogen-bond donors (Lipinski definition) is 1. The van der Waals surface area contributed by atoms with Crippen molar-refractivity contribution in [3.63, 3.8) is 0 Å². The van der Waals surface area contributed by atoms with Crippen molar-refractivity contribution in [3.05, 3.63) is 60.6 Å². The Morgan fingerprint density at radius 2 is 1.87 bits per heavy atom. The minimum atomic E-state index is -3.59. The lowest BCUT2D eigenvalue weighted by Crippen LogP contribution is -2.22. The molecule has 0 saturated carbocycles. The van der Waals surface area contributed by atoms with Gasteiger partial charge in [-0.1, -0.05) is 12.1 Å². The first-order valence-electron chi connectivity index (χ1n) is 7.27. The van der Waals surface area contributed by atoms with Crippen LogP contribution in [0.2, 0.25) is 0 Å². The molecule has 1 heterocycles. The Labute approximate surface area is 134 Å². The molecule has 0 aliphatic rings. The second-order valence-electron chi connectivity index (χ2n) is 5.01. The van der Waals surface area contributed by atoms with Gasteiger partial charge in [-0.05, 0) is 54.1 Å². The van der Waals surface area contributed by atoms with Crippen LogP contribution in [-0.4, -0.2) is 15.0 Å². The minimum absolute atomic E-state index is 0.122. The first kappa shape index (κ1) is 15.6. The second kappa shape index (κ2) is 6.44. The standard InChI is InChI=1S/C17H17NO4S/c1-2-21-15-7-5-14-11-17(8-6-13(14)10-15)23(19,20)18-12-16-4-3-9-22-16/h3-11,18H,2,12H2,1H3. The van der Waals surface area contributed by atoms with Crippen molar-refractivity contribution in [2.45, 2.75) is 18.4 Å². The van der Waals surface area contributed by atoms with Gasteiger partial charge in [-0.25, -0.2) is 13.1 Å². The van der Waals surface area contributed by atoms with Crippen LogP contribution < -0.4 is 9.46 Å². The molecular weight excluding hydrogens is 314 g/mol. The van der Waals surface area contributed by atoms with Gasteiger partial charge >= 0.3 is 0 Å². The summed E-state index contributed by atoms with van der Waals surface area (Å²) in [5.41, 5.74) is 0. The van der Waals surface area contributed by atoms with Gasteiger partial charge in [-0.15, -0.1) is 0 Å². The topological polar surface area (TPSA) is 68.5 Å². The Kier molecular flexibility index (Phi) is 4.36. The van der Waals surface area contributed by atoms with Gasteiger partial charge in [0, 0.05) is 0 Å². The normalized spacial score (nSPS) is 11.7. The molecule has 0 fully saturated rings. The first-order chi connectivity index (χ1) is 11.1. The summed E-state index contributed by atoms with van der Waals surface area (Å²) in [5, 5.41) is 1.77. The van der Waals surface area contributed by atoms with Crippen LogP contribution in [0.4, 0.5) is 0 Å².